The third-order valence-corrected chi connectivity index (χ3v) is 2.15. The average molecular weight is 210 g/mol. The molecule has 2 rings (SSSR count). The minimum atomic E-state index is -0.0530. The molecule has 0 saturated carbocycles. The molecule has 1 aliphatic rings. The average Bonchev–Trinajstić information content (AvgIpc) is 2.21. The van der Waals surface area contributed by atoms with Gasteiger partial charge in [-0.1, -0.05) is 11.6 Å². The van der Waals surface area contributed by atoms with Gasteiger partial charge in [0.1, 0.15) is 0 Å². The predicted molar refractivity (Wildman–Crippen MR) is 53.2 cm³/mol. The first-order valence-electron chi connectivity index (χ1n) is 4.23. The van der Waals surface area contributed by atoms with Gasteiger partial charge in [0.25, 0.3) is 0 Å². The molecule has 2 heterocycles. The van der Waals surface area contributed by atoms with E-state index in [-0.39, 0.29) is 5.91 Å². The van der Waals surface area contributed by atoms with Gasteiger partial charge in [-0.25, -0.2) is 5.43 Å². The van der Waals surface area contributed by atoms with E-state index in [1.807, 2.05) is 0 Å². The Labute approximate surface area is 86.0 Å². The summed E-state index contributed by atoms with van der Waals surface area (Å²) in [6.07, 6.45) is 2.65. The molecule has 1 aliphatic heterocycles. The number of hydrogen-bond donors (Lipinski definition) is 1. The molecule has 1 aromatic heterocycles. The lowest BCUT2D eigenvalue weighted by Crippen LogP contribution is -2.26. The first kappa shape index (κ1) is 9.15. The third kappa shape index (κ3) is 1.90. The highest BCUT2D eigenvalue weighted by molar-refractivity contribution is 6.30. The zero-order chi connectivity index (χ0) is 9.97. The van der Waals surface area contributed by atoms with Crippen LogP contribution in [0, 0.1) is 0 Å². The maximum Gasteiger partial charge on any atom is 0.240 e. The summed E-state index contributed by atoms with van der Waals surface area (Å²) in [5.41, 5.74) is 3.97. The Bertz CT molecular complexity index is 386. The Morgan fingerprint density at radius 1 is 1.36 bits per heavy atom. The van der Waals surface area contributed by atoms with Crippen LogP contribution in [0.25, 0.3) is 0 Å². The molecule has 5 heteroatoms. The van der Waals surface area contributed by atoms with Crippen molar-refractivity contribution in [1.29, 1.82) is 0 Å². The molecule has 0 bridgehead atoms. The number of hydrogen-bond acceptors (Lipinski definition) is 3. The highest BCUT2D eigenvalue weighted by Crippen LogP contribution is 2.10. The second-order valence-electron chi connectivity index (χ2n) is 2.96. The maximum absolute atomic E-state index is 10.8. The van der Waals surface area contributed by atoms with Crippen molar-refractivity contribution in [1.82, 2.24) is 10.4 Å². The van der Waals surface area contributed by atoms with Gasteiger partial charge < -0.3 is 0 Å². The van der Waals surface area contributed by atoms with E-state index < -0.39 is 0 Å². The maximum atomic E-state index is 10.8. The summed E-state index contributed by atoms with van der Waals surface area (Å²) in [4.78, 5) is 14.9. The monoisotopic (exact) mass is 209 g/mol. The van der Waals surface area contributed by atoms with Crippen LogP contribution in [0.1, 0.15) is 18.5 Å². The standard InChI is InChI=1S/C9H8ClN3O/c10-6-1-2-7(11-5-6)8-3-4-9(14)13-12-8/h1-2,5H,3-4H2,(H,13,14). The van der Waals surface area contributed by atoms with E-state index in [0.29, 0.717) is 17.9 Å². The summed E-state index contributed by atoms with van der Waals surface area (Å²) < 4.78 is 0. The number of nitrogens with zero attached hydrogens (tertiary/aromatic N) is 2. The first-order valence-corrected chi connectivity index (χ1v) is 4.61. The van der Waals surface area contributed by atoms with E-state index in [4.69, 9.17) is 11.6 Å². The number of hydrazone groups is 1. The number of carbonyl (C=O) groups is 1. The number of nitrogens with one attached hydrogen (secondary N) is 1. The van der Waals surface area contributed by atoms with Crippen LogP contribution < -0.4 is 5.43 Å². The summed E-state index contributed by atoms with van der Waals surface area (Å²) >= 11 is 5.70. The second kappa shape index (κ2) is 3.75. The zero-order valence-electron chi connectivity index (χ0n) is 7.33. The number of halogens is 1. The van der Waals surface area contributed by atoms with Crippen LogP contribution in [0.2, 0.25) is 5.02 Å². The van der Waals surface area contributed by atoms with E-state index in [0.717, 1.165) is 11.4 Å². The van der Waals surface area contributed by atoms with E-state index >= 15 is 0 Å². The molecule has 0 radical (unpaired) electrons. The van der Waals surface area contributed by atoms with Crippen LogP contribution in [-0.4, -0.2) is 16.6 Å². The number of aromatic nitrogens is 1. The Balaban J connectivity index is 2.23. The molecule has 0 aromatic carbocycles. The Morgan fingerprint density at radius 2 is 2.21 bits per heavy atom. The molecule has 0 unspecified atom stereocenters. The lowest BCUT2D eigenvalue weighted by atomic mass is 10.1. The van der Waals surface area contributed by atoms with Crippen molar-refractivity contribution in [3.05, 3.63) is 29.0 Å². The van der Waals surface area contributed by atoms with Gasteiger partial charge in [-0.3, -0.25) is 9.78 Å². The van der Waals surface area contributed by atoms with Gasteiger partial charge in [-0.15, -0.1) is 0 Å². The van der Waals surface area contributed by atoms with Gasteiger partial charge in [0, 0.05) is 19.0 Å². The smallest absolute Gasteiger partial charge is 0.240 e. The summed E-state index contributed by atoms with van der Waals surface area (Å²) in [7, 11) is 0. The highest BCUT2D eigenvalue weighted by Gasteiger charge is 2.13. The molecule has 4 nitrogen and oxygen atoms in total. The van der Waals surface area contributed by atoms with Crippen molar-refractivity contribution in [2.75, 3.05) is 0 Å². The molecule has 0 atom stereocenters. The van der Waals surface area contributed by atoms with Crippen molar-refractivity contribution >= 4 is 23.2 Å². The number of carbonyl (C=O) groups excluding carboxylic acids is 1. The predicted octanol–water partition coefficient (Wildman–Crippen LogP) is 1.35. The Hall–Kier alpha value is -1.42. The van der Waals surface area contributed by atoms with Gasteiger partial charge in [0.2, 0.25) is 5.91 Å². The molecule has 0 aliphatic carbocycles. The summed E-state index contributed by atoms with van der Waals surface area (Å²) in [6, 6.07) is 3.54. The zero-order valence-corrected chi connectivity index (χ0v) is 8.08. The minimum absolute atomic E-state index is 0.0530. The lowest BCUT2D eigenvalue weighted by molar-refractivity contribution is -0.121. The van der Waals surface area contributed by atoms with Gasteiger partial charge >= 0.3 is 0 Å². The fraction of sp³-hybridized carbons (Fsp3) is 0.222. The van der Waals surface area contributed by atoms with Gasteiger partial charge in [-0.05, 0) is 12.1 Å². The summed E-state index contributed by atoms with van der Waals surface area (Å²) in [5, 5.41) is 4.51. The van der Waals surface area contributed by atoms with Crippen LogP contribution >= 0.6 is 11.6 Å². The van der Waals surface area contributed by atoms with E-state index in [1.54, 1.807) is 18.3 Å². The van der Waals surface area contributed by atoms with Crippen LogP contribution in [0.3, 0.4) is 0 Å². The first-order chi connectivity index (χ1) is 6.75. The Kier molecular flexibility index (Phi) is 2.45. The molecule has 0 saturated heterocycles. The largest absolute Gasteiger partial charge is 0.273 e. The van der Waals surface area contributed by atoms with Crippen LogP contribution in [0.5, 0.6) is 0 Å². The second-order valence-corrected chi connectivity index (χ2v) is 3.39. The van der Waals surface area contributed by atoms with Crippen molar-refractivity contribution in [3.63, 3.8) is 0 Å². The van der Waals surface area contributed by atoms with Crippen molar-refractivity contribution in [2.45, 2.75) is 12.8 Å². The fourth-order valence-corrected chi connectivity index (χ4v) is 1.32. The molecular formula is C9H8ClN3O. The van der Waals surface area contributed by atoms with Crippen LogP contribution in [0.15, 0.2) is 23.4 Å². The van der Waals surface area contributed by atoms with Crippen molar-refractivity contribution < 1.29 is 4.79 Å². The normalized spacial score (nSPS) is 16.1. The summed E-state index contributed by atoms with van der Waals surface area (Å²) in [6.45, 7) is 0. The van der Waals surface area contributed by atoms with Crippen molar-refractivity contribution in [3.8, 4) is 0 Å². The quantitative estimate of drug-likeness (QED) is 0.759. The van der Waals surface area contributed by atoms with E-state index in [9.17, 15) is 4.79 Å². The molecule has 1 amide bonds. The van der Waals surface area contributed by atoms with Gasteiger partial charge in [-0.2, -0.15) is 5.10 Å². The molecule has 0 fully saturated rings. The van der Waals surface area contributed by atoms with Gasteiger partial charge in [0.15, 0.2) is 0 Å². The van der Waals surface area contributed by atoms with Crippen LogP contribution in [0.4, 0.5) is 0 Å². The van der Waals surface area contributed by atoms with E-state index in [1.165, 1.54) is 0 Å². The number of pyridine rings is 1. The molecule has 72 valence electrons. The molecular weight excluding hydrogens is 202 g/mol. The number of amides is 1. The third-order valence-electron chi connectivity index (χ3n) is 1.93. The Morgan fingerprint density at radius 3 is 2.79 bits per heavy atom. The lowest BCUT2D eigenvalue weighted by Gasteiger charge is -2.10. The van der Waals surface area contributed by atoms with Gasteiger partial charge in [0.05, 0.1) is 16.4 Å². The fourth-order valence-electron chi connectivity index (χ4n) is 1.21. The summed E-state index contributed by atoms with van der Waals surface area (Å²) in [5.74, 6) is -0.0530. The molecule has 14 heavy (non-hydrogen) atoms. The SMILES string of the molecule is O=C1CCC(c2ccc(Cl)cn2)=NN1. The number of rotatable bonds is 1. The topological polar surface area (TPSA) is 54.4 Å². The highest BCUT2D eigenvalue weighted by atomic mass is 35.5. The molecule has 1 N–H and O–H groups in total. The van der Waals surface area contributed by atoms with E-state index in [2.05, 4.69) is 15.5 Å². The molecule has 1 aromatic rings. The minimum Gasteiger partial charge on any atom is -0.273 e. The molecule has 0 spiro atoms. The van der Waals surface area contributed by atoms with Crippen molar-refractivity contribution in [2.24, 2.45) is 5.10 Å². The van der Waals surface area contributed by atoms with Crippen LogP contribution in [-0.2, 0) is 4.79 Å².